The Morgan fingerprint density at radius 3 is 2.58 bits per heavy atom. The van der Waals surface area contributed by atoms with E-state index in [1.165, 1.54) is 7.11 Å². The molecule has 0 saturated heterocycles. The maximum Gasteiger partial charge on any atom is 0.413 e. The SMILES string of the molecule is COC(=O)NC(=O)CN(C)CCOc1ccccc1. The number of rotatable bonds is 6. The van der Waals surface area contributed by atoms with Crippen molar-refractivity contribution in [3.63, 3.8) is 0 Å². The van der Waals surface area contributed by atoms with Gasteiger partial charge in [0.2, 0.25) is 5.91 Å². The molecule has 0 unspecified atom stereocenters. The Hall–Kier alpha value is -2.08. The Balaban J connectivity index is 2.19. The van der Waals surface area contributed by atoms with E-state index in [-0.39, 0.29) is 6.54 Å². The number of benzene rings is 1. The van der Waals surface area contributed by atoms with Crippen molar-refractivity contribution in [3.05, 3.63) is 30.3 Å². The third kappa shape index (κ3) is 6.42. The van der Waals surface area contributed by atoms with Crippen molar-refractivity contribution in [2.45, 2.75) is 0 Å². The molecule has 104 valence electrons. The number of alkyl carbamates (subject to hydrolysis) is 1. The van der Waals surface area contributed by atoms with Crippen LogP contribution in [0.4, 0.5) is 4.79 Å². The second-order valence-corrected chi connectivity index (χ2v) is 3.94. The van der Waals surface area contributed by atoms with Crippen molar-refractivity contribution < 1.29 is 19.1 Å². The number of methoxy groups -OCH3 is 1. The quantitative estimate of drug-likeness (QED) is 0.828. The molecule has 19 heavy (non-hydrogen) atoms. The molecule has 1 rings (SSSR count). The fourth-order valence-corrected chi connectivity index (χ4v) is 1.36. The van der Waals surface area contributed by atoms with E-state index in [1.54, 1.807) is 11.9 Å². The molecule has 0 aliphatic carbocycles. The molecule has 1 aromatic carbocycles. The molecule has 2 amide bonds. The first kappa shape index (κ1) is 15.0. The third-order valence-electron chi connectivity index (χ3n) is 2.33. The first-order valence-electron chi connectivity index (χ1n) is 5.86. The van der Waals surface area contributed by atoms with Crippen LogP contribution in [-0.4, -0.2) is 50.8 Å². The number of hydrogen-bond acceptors (Lipinski definition) is 5. The van der Waals surface area contributed by atoms with Gasteiger partial charge in [-0.1, -0.05) is 18.2 Å². The Morgan fingerprint density at radius 1 is 1.26 bits per heavy atom. The van der Waals surface area contributed by atoms with Gasteiger partial charge in [0.1, 0.15) is 12.4 Å². The number of likely N-dealkylation sites (N-methyl/N-ethyl adjacent to an activating group) is 1. The van der Waals surface area contributed by atoms with Crippen molar-refractivity contribution in [3.8, 4) is 5.75 Å². The standard InChI is InChI=1S/C13H18N2O4/c1-15(10-12(16)14-13(17)18-2)8-9-19-11-6-4-3-5-7-11/h3-7H,8-10H2,1-2H3,(H,14,16,17). The molecule has 6 nitrogen and oxygen atoms in total. The number of imide groups is 1. The lowest BCUT2D eigenvalue weighted by Gasteiger charge is -2.16. The van der Waals surface area contributed by atoms with Gasteiger partial charge in [-0.2, -0.15) is 0 Å². The lowest BCUT2D eigenvalue weighted by atomic mass is 10.3. The van der Waals surface area contributed by atoms with E-state index in [2.05, 4.69) is 10.1 Å². The van der Waals surface area contributed by atoms with Crippen molar-refractivity contribution >= 4 is 12.0 Å². The number of carbonyl (C=O) groups excluding carboxylic acids is 2. The smallest absolute Gasteiger partial charge is 0.413 e. The van der Waals surface area contributed by atoms with Gasteiger partial charge >= 0.3 is 6.09 Å². The highest BCUT2D eigenvalue weighted by Gasteiger charge is 2.10. The summed E-state index contributed by atoms with van der Waals surface area (Å²) in [6, 6.07) is 9.43. The van der Waals surface area contributed by atoms with E-state index < -0.39 is 12.0 Å². The topological polar surface area (TPSA) is 67.9 Å². The molecule has 1 aromatic rings. The van der Waals surface area contributed by atoms with Gasteiger partial charge in [0.25, 0.3) is 0 Å². The molecule has 0 bridgehead atoms. The number of ether oxygens (including phenoxy) is 2. The van der Waals surface area contributed by atoms with Gasteiger partial charge in [-0.15, -0.1) is 0 Å². The Labute approximate surface area is 112 Å². The van der Waals surface area contributed by atoms with Crippen LogP contribution >= 0.6 is 0 Å². The highest BCUT2D eigenvalue weighted by molar-refractivity contribution is 5.92. The number of nitrogens with one attached hydrogen (secondary N) is 1. The van der Waals surface area contributed by atoms with Gasteiger partial charge < -0.3 is 9.47 Å². The van der Waals surface area contributed by atoms with Crippen LogP contribution in [0, 0.1) is 0 Å². The molecule has 0 aliphatic rings. The molecule has 0 saturated carbocycles. The van der Waals surface area contributed by atoms with Crippen molar-refractivity contribution in [2.24, 2.45) is 0 Å². The molecular weight excluding hydrogens is 248 g/mol. The first-order chi connectivity index (χ1) is 9.11. The summed E-state index contributed by atoms with van der Waals surface area (Å²) in [5, 5.41) is 2.09. The minimum atomic E-state index is -0.751. The average molecular weight is 266 g/mol. The van der Waals surface area contributed by atoms with Crippen LogP contribution in [0.5, 0.6) is 5.75 Å². The minimum Gasteiger partial charge on any atom is -0.492 e. The molecule has 0 radical (unpaired) electrons. The van der Waals surface area contributed by atoms with E-state index in [9.17, 15) is 9.59 Å². The molecule has 0 heterocycles. The van der Waals surface area contributed by atoms with Crippen LogP contribution < -0.4 is 10.1 Å². The van der Waals surface area contributed by atoms with Gasteiger partial charge in [-0.05, 0) is 19.2 Å². The summed E-state index contributed by atoms with van der Waals surface area (Å²) < 4.78 is 9.82. The van der Waals surface area contributed by atoms with Gasteiger partial charge in [0.05, 0.1) is 13.7 Å². The first-order valence-corrected chi connectivity index (χ1v) is 5.86. The summed E-state index contributed by atoms with van der Waals surface area (Å²) in [5.41, 5.74) is 0. The molecule has 0 spiro atoms. The van der Waals surface area contributed by atoms with E-state index >= 15 is 0 Å². The Bertz CT molecular complexity index is 408. The van der Waals surface area contributed by atoms with Crippen LogP contribution in [0.1, 0.15) is 0 Å². The largest absolute Gasteiger partial charge is 0.492 e. The van der Waals surface area contributed by atoms with E-state index in [4.69, 9.17) is 4.74 Å². The summed E-state index contributed by atoms with van der Waals surface area (Å²) >= 11 is 0. The van der Waals surface area contributed by atoms with Crippen LogP contribution in [0.25, 0.3) is 0 Å². The third-order valence-corrected chi connectivity index (χ3v) is 2.33. The Kier molecular flexibility index (Phi) is 6.38. The molecule has 0 atom stereocenters. The summed E-state index contributed by atoms with van der Waals surface area (Å²) in [7, 11) is 2.98. The van der Waals surface area contributed by atoms with E-state index in [0.717, 1.165) is 5.75 Å². The van der Waals surface area contributed by atoms with Gasteiger partial charge in [-0.25, -0.2) is 4.79 Å². The molecule has 6 heteroatoms. The second kappa shape index (κ2) is 8.10. The minimum absolute atomic E-state index is 0.104. The van der Waals surface area contributed by atoms with Gasteiger partial charge in [0.15, 0.2) is 0 Å². The van der Waals surface area contributed by atoms with Crippen molar-refractivity contribution in [1.82, 2.24) is 10.2 Å². The van der Waals surface area contributed by atoms with Crippen molar-refractivity contribution in [1.29, 1.82) is 0 Å². The molecule has 0 fully saturated rings. The highest BCUT2D eigenvalue weighted by Crippen LogP contribution is 2.07. The lowest BCUT2D eigenvalue weighted by Crippen LogP contribution is -2.39. The van der Waals surface area contributed by atoms with E-state index in [1.807, 2.05) is 30.3 Å². The van der Waals surface area contributed by atoms with Crippen LogP contribution in [0.3, 0.4) is 0 Å². The number of nitrogens with zero attached hydrogens (tertiary/aromatic N) is 1. The van der Waals surface area contributed by atoms with Crippen molar-refractivity contribution in [2.75, 3.05) is 33.9 Å². The molecule has 1 N–H and O–H groups in total. The lowest BCUT2D eigenvalue weighted by molar-refractivity contribution is -0.121. The van der Waals surface area contributed by atoms with Crippen LogP contribution in [0.15, 0.2) is 30.3 Å². The Morgan fingerprint density at radius 2 is 1.95 bits per heavy atom. The maximum absolute atomic E-state index is 11.4. The van der Waals surface area contributed by atoms with Crippen LogP contribution in [-0.2, 0) is 9.53 Å². The predicted octanol–water partition coefficient (Wildman–Crippen LogP) is 0.880. The zero-order chi connectivity index (χ0) is 14.1. The zero-order valence-corrected chi connectivity index (χ0v) is 11.1. The normalized spacial score (nSPS) is 10.1. The molecular formula is C13H18N2O4. The summed E-state index contributed by atoms with van der Waals surface area (Å²) in [4.78, 5) is 23.9. The highest BCUT2D eigenvalue weighted by atomic mass is 16.5. The number of para-hydroxylation sites is 1. The summed E-state index contributed by atoms with van der Waals surface area (Å²) in [6.07, 6.45) is -0.751. The predicted molar refractivity (Wildman–Crippen MR) is 70.0 cm³/mol. The van der Waals surface area contributed by atoms with Gasteiger partial charge in [0, 0.05) is 6.54 Å². The zero-order valence-electron chi connectivity index (χ0n) is 11.1. The summed E-state index contributed by atoms with van der Waals surface area (Å²) in [6.45, 7) is 1.14. The molecule has 0 aliphatic heterocycles. The number of hydrogen-bond donors (Lipinski definition) is 1. The monoisotopic (exact) mass is 266 g/mol. The summed E-state index contributed by atoms with van der Waals surface area (Å²) in [5.74, 6) is 0.379. The fourth-order valence-electron chi connectivity index (χ4n) is 1.36. The maximum atomic E-state index is 11.4. The number of amides is 2. The number of carbonyl (C=O) groups is 2. The fraction of sp³-hybridized carbons (Fsp3) is 0.385. The average Bonchev–Trinajstić information content (AvgIpc) is 2.39. The van der Waals surface area contributed by atoms with E-state index in [0.29, 0.717) is 13.2 Å². The van der Waals surface area contributed by atoms with Gasteiger partial charge in [-0.3, -0.25) is 15.0 Å². The second-order valence-electron chi connectivity index (χ2n) is 3.94. The van der Waals surface area contributed by atoms with Crippen LogP contribution in [0.2, 0.25) is 0 Å². The molecule has 0 aromatic heterocycles.